The van der Waals surface area contributed by atoms with Crippen LogP contribution in [0.15, 0.2) is 66.7 Å². The summed E-state index contributed by atoms with van der Waals surface area (Å²) in [5.41, 5.74) is 1.74. The van der Waals surface area contributed by atoms with Crippen molar-refractivity contribution in [3.8, 4) is 5.75 Å². The molecule has 0 unspecified atom stereocenters. The van der Waals surface area contributed by atoms with E-state index >= 15 is 0 Å². The third kappa shape index (κ3) is 3.57. The maximum Gasteiger partial charge on any atom is 0.224 e. The number of phenols is 1. The number of aromatic hydroxyl groups is 1. The highest BCUT2D eigenvalue weighted by Crippen LogP contribution is 2.26. The second kappa shape index (κ2) is 7.18. The molecule has 0 heterocycles. The van der Waals surface area contributed by atoms with Gasteiger partial charge >= 0.3 is 0 Å². The Morgan fingerprint density at radius 3 is 2.46 bits per heavy atom. The number of carbonyl (C=O) groups is 1. The van der Waals surface area contributed by atoms with E-state index in [1.165, 1.54) is 5.39 Å². The molecular weight excluding hydrogens is 298 g/mol. The molecule has 0 aliphatic rings. The molecule has 122 valence electrons. The van der Waals surface area contributed by atoms with Crippen LogP contribution in [0.3, 0.4) is 0 Å². The summed E-state index contributed by atoms with van der Waals surface area (Å²) in [5, 5.41) is 15.3. The summed E-state index contributed by atoms with van der Waals surface area (Å²) in [6.45, 7) is 1.99. The van der Waals surface area contributed by atoms with Gasteiger partial charge in [-0.2, -0.15) is 0 Å². The Bertz CT molecular complexity index is 857. The monoisotopic (exact) mass is 319 g/mol. The van der Waals surface area contributed by atoms with E-state index in [0.717, 1.165) is 22.9 Å². The molecule has 1 atom stereocenters. The molecule has 0 fully saturated rings. The second-order valence-electron chi connectivity index (χ2n) is 5.95. The Morgan fingerprint density at radius 1 is 1.00 bits per heavy atom. The summed E-state index contributed by atoms with van der Waals surface area (Å²) in [5.74, 6) is 0.177. The molecule has 3 rings (SSSR count). The van der Waals surface area contributed by atoms with E-state index in [-0.39, 0.29) is 17.7 Å². The van der Waals surface area contributed by atoms with Crippen molar-refractivity contribution in [2.24, 2.45) is 0 Å². The van der Waals surface area contributed by atoms with Gasteiger partial charge < -0.3 is 10.4 Å². The summed E-state index contributed by atoms with van der Waals surface area (Å²) >= 11 is 0. The topological polar surface area (TPSA) is 49.3 Å². The molecule has 24 heavy (non-hydrogen) atoms. The minimum atomic E-state index is -0.181. The molecule has 3 heteroatoms. The highest BCUT2D eigenvalue weighted by atomic mass is 16.3. The number of hydrogen-bond donors (Lipinski definition) is 2. The van der Waals surface area contributed by atoms with Gasteiger partial charge in [-0.05, 0) is 28.8 Å². The normalized spacial score (nSPS) is 12.0. The lowest BCUT2D eigenvalue weighted by atomic mass is 10.0. The van der Waals surface area contributed by atoms with Gasteiger partial charge in [0.05, 0.1) is 12.5 Å². The molecule has 0 saturated carbocycles. The molecule has 3 nitrogen and oxygen atoms in total. The zero-order valence-electron chi connectivity index (χ0n) is 13.7. The summed E-state index contributed by atoms with van der Waals surface area (Å²) in [7, 11) is 0. The van der Waals surface area contributed by atoms with Crippen LogP contribution >= 0.6 is 0 Å². The van der Waals surface area contributed by atoms with Crippen molar-refractivity contribution >= 4 is 16.7 Å². The minimum absolute atomic E-state index is 0.0413. The molecule has 0 bridgehead atoms. The van der Waals surface area contributed by atoms with Gasteiger partial charge in [0.2, 0.25) is 5.91 Å². The van der Waals surface area contributed by atoms with Crippen molar-refractivity contribution in [2.45, 2.75) is 25.8 Å². The van der Waals surface area contributed by atoms with Gasteiger partial charge in [-0.15, -0.1) is 0 Å². The van der Waals surface area contributed by atoms with Gasteiger partial charge in [0.1, 0.15) is 5.75 Å². The SMILES string of the molecule is CC[C@H](NC(=O)Cc1ccc2ccccc2c1)c1ccccc1O. The van der Waals surface area contributed by atoms with Crippen molar-refractivity contribution in [1.82, 2.24) is 5.32 Å². The Morgan fingerprint density at radius 2 is 1.71 bits per heavy atom. The molecule has 0 aliphatic carbocycles. The van der Waals surface area contributed by atoms with E-state index in [1.54, 1.807) is 12.1 Å². The van der Waals surface area contributed by atoms with Crippen LogP contribution in [-0.2, 0) is 11.2 Å². The number of nitrogens with one attached hydrogen (secondary N) is 1. The van der Waals surface area contributed by atoms with Gasteiger partial charge in [-0.25, -0.2) is 0 Å². The third-order valence-electron chi connectivity index (χ3n) is 4.23. The highest BCUT2D eigenvalue weighted by Gasteiger charge is 2.16. The predicted molar refractivity (Wildman–Crippen MR) is 96.9 cm³/mol. The zero-order valence-corrected chi connectivity index (χ0v) is 13.7. The molecule has 0 radical (unpaired) electrons. The van der Waals surface area contributed by atoms with E-state index < -0.39 is 0 Å². The fraction of sp³-hybridized carbons (Fsp3) is 0.190. The van der Waals surface area contributed by atoms with Crippen molar-refractivity contribution in [1.29, 1.82) is 0 Å². The Labute approximate surface area is 142 Å². The van der Waals surface area contributed by atoms with Crippen molar-refractivity contribution in [2.75, 3.05) is 0 Å². The van der Waals surface area contributed by atoms with E-state index in [2.05, 4.69) is 17.4 Å². The first kappa shape index (κ1) is 16.1. The number of hydrogen-bond acceptors (Lipinski definition) is 2. The molecule has 3 aromatic carbocycles. The number of amides is 1. The summed E-state index contributed by atoms with van der Waals surface area (Å²) in [6.07, 6.45) is 1.05. The number of phenolic OH excluding ortho intramolecular Hbond substituents is 1. The Balaban J connectivity index is 1.72. The lowest BCUT2D eigenvalue weighted by Crippen LogP contribution is -2.29. The van der Waals surface area contributed by atoms with E-state index in [0.29, 0.717) is 6.42 Å². The van der Waals surface area contributed by atoms with E-state index in [9.17, 15) is 9.90 Å². The van der Waals surface area contributed by atoms with Crippen LogP contribution in [0.2, 0.25) is 0 Å². The minimum Gasteiger partial charge on any atom is -0.508 e. The van der Waals surface area contributed by atoms with Crippen LogP contribution in [-0.4, -0.2) is 11.0 Å². The van der Waals surface area contributed by atoms with Crippen LogP contribution in [0.4, 0.5) is 0 Å². The first-order chi connectivity index (χ1) is 11.7. The number of para-hydroxylation sites is 1. The van der Waals surface area contributed by atoms with Crippen molar-refractivity contribution < 1.29 is 9.90 Å². The fourth-order valence-corrected chi connectivity index (χ4v) is 2.96. The van der Waals surface area contributed by atoms with Crippen molar-refractivity contribution in [3.63, 3.8) is 0 Å². The molecule has 0 aliphatic heterocycles. The summed E-state index contributed by atoms with van der Waals surface area (Å²) < 4.78 is 0. The average Bonchev–Trinajstić information content (AvgIpc) is 2.60. The maximum atomic E-state index is 12.4. The first-order valence-corrected chi connectivity index (χ1v) is 8.22. The van der Waals surface area contributed by atoms with E-state index in [4.69, 9.17) is 0 Å². The van der Waals surface area contributed by atoms with Gasteiger partial charge in [-0.3, -0.25) is 4.79 Å². The van der Waals surface area contributed by atoms with Gasteiger partial charge in [0.15, 0.2) is 0 Å². The van der Waals surface area contributed by atoms with Gasteiger partial charge in [0, 0.05) is 5.56 Å². The quantitative estimate of drug-likeness (QED) is 0.734. The van der Waals surface area contributed by atoms with Crippen LogP contribution < -0.4 is 5.32 Å². The van der Waals surface area contributed by atoms with Crippen LogP contribution in [0.1, 0.15) is 30.5 Å². The van der Waals surface area contributed by atoms with Crippen LogP contribution in [0.5, 0.6) is 5.75 Å². The molecule has 1 amide bonds. The number of carbonyl (C=O) groups excluding carboxylic acids is 1. The molecule has 2 N–H and O–H groups in total. The zero-order chi connectivity index (χ0) is 16.9. The fourth-order valence-electron chi connectivity index (χ4n) is 2.96. The maximum absolute atomic E-state index is 12.4. The molecular formula is C21H21NO2. The van der Waals surface area contributed by atoms with Crippen LogP contribution in [0.25, 0.3) is 10.8 Å². The summed E-state index contributed by atoms with van der Waals surface area (Å²) in [4.78, 5) is 12.4. The highest BCUT2D eigenvalue weighted by molar-refractivity contribution is 5.85. The predicted octanol–water partition coefficient (Wildman–Crippen LogP) is 4.36. The number of rotatable bonds is 5. The summed E-state index contributed by atoms with van der Waals surface area (Å²) in [6, 6.07) is 21.2. The molecule has 0 saturated heterocycles. The number of benzene rings is 3. The van der Waals surface area contributed by atoms with Gasteiger partial charge in [-0.1, -0.05) is 67.6 Å². The van der Waals surface area contributed by atoms with E-state index in [1.807, 2.05) is 49.4 Å². The second-order valence-corrected chi connectivity index (χ2v) is 5.95. The van der Waals surface area contributed by atoms with Crippen molar-refractivity contribution in [3.05, 3.63) is 77.9 Å². The molecule has 3 aromatic rings. The lowest BCUT2D eigenvalue weighted by molar-refractivity contribution is -0.121. The third-order valence-corrected chi connectivity index (χ3v) is 4.23. The smallest absolute Gasteiger partial charge is 0.224 e. The lowest BCUT2D eigenvalue weighted by Gasteiger charge is -2.18. The van der Waals surface area contributed by atoms with Crippen LogP contribution in [0, 0.1) is 0 Å². The average molecular weight is 319 g/mol. The Hall–Kier alpha value is -2.81. The first-order valence-electron chi connectivity index (χ1n) is 8.22. The Kier molecular flexibility index (Phi) is 4.80. The van der Waals surface area contributed by atoms with Gasteiger partial charge in [0.25, 0.3) is 0 Å². The number of fused-ring (bicyclic) bond motifs is 1. The molecule has 0 spiro atoms. The standard InChI is InChI=1S/C21H21NO2/c1-2-19(18-9-5-6-10-20(18)23)22-21(24)14-15-11-12-16-7-3-4-8-17(16)13-15/h3-13,19,23H,2,14H2,1H3,(H,22,24)/t19-/m0/s1. The molecule has 0 aromatic heterocycles. The largest absolute Gasteiger partial charge is 0.508 e.